The lowest BCUT2D eigenvalue weighted by Gasteiger charge is -2.11. The Morgan fingerprint density at radius 3 is 2.29 bits per heavy atom. The van der Waals surface area contributed by atoms with Gasteiger partial charge in [-0.1, -0.05) is 43.6 Å². The molecule has 0 spiro atoms. The van der Waals surface area contributed by atoms with Gasteiger partial charge in [0, 0.05) is 15.7 Å². The monoisotopic (exact) mass is 410 g/mol. The normalized spacial score (nSPS) is 10.9. The van der Waals surface area contributed by atoms with Gasteiger partial charge in [0.2, 0.25) is 0 Å². The van der Waals surface area contributed by atoms with Gasteiger partial charge in [0.05, 0.1) is 5.56 Å². The van der Waals surface area contributed by atoms with Crippen LogP contribution in [-0.4, -0.2) is 5.97 Å². The van der Waals surface area contributed by atoms with Crippen LogP contribution in [0.4, 0.5) is 0 Å². The Hall–Kier alpha value is -2.23. The van der Waals surface area contributed by atoms with Crippen molar-refractivity contribution in [1.82, 2.24) is 0 Å². The van der Waals surface area contributed by atoms with Crippen molar-refractivity contribution < 1.29 is 9.53 Å². The molecule has 0 bridgehead atoms. The average molecular weight is 411 g/mol. The predicted octanol–water partition coefficient (Wildman–Crippen LogP) is 7.28. The molecule has 0 aliphatic carbocycles. The summed E-state index contributed by atoms with van der Waals surface area (Å²) in [6, 6.07) is 21.2. The van der Waals surface area contributed by atoms with Gasteiger partial charge in [-0.3, -0.25) is 0 Å². The number of carbonyl (C=O) groups excluding carboxylic acids is 1. The molecule has 3 aromatic rings. The van der Waals surface area contributed by atoms with Gasteiger partial charge < -0.3 is 4.74 Å². The van der Waals surface area contributed by atoms with Crippen LogP contribution in [0.2, 0.25) is 5.02 Å². The van der Waals surface area contributed by atoms with E-state index in [0.29, 0.717) is 17.2 Å². The zero-order valence-corrected chi connectivity index (χ0v) is 17.8. The number of rotatable bonds is 6. The molecule has 0 aromatic heterocycles. The summed E-state index contributed by atoms with van der Waals surface area (Å²) in [7, 11) is 0. The van der Waals surface area contributed by atoms with E-state index < -0.39 is 0 Å². The summed E-state index contributed by atoms with van der Waals surface area (Å²) in [5.74, 6) is 1.51. The molecular weight excluding hydrogens is 388 g/mol. The van der Waals surface area contributed by atoms with Crippen molar-refractivity contribution >= 4 is 29.3 Å². The van der Waals surface area contributed by atoms with E-state index in [9.17, 15) is 4.79 Å². The van der Waals surface area contributed by atoms with Crippen molar-refractivity contribution in [2.75, 3.05) is 0 Å². The zero-order chi connectivity index (χ0) is 20.1. The maximum absolute atomic E-state index is 12.4. The lowest BCUT2D eigenvalue weighted by molar-refractivity contribution is 0.0734. The third-order valence-electron chi connectivity index (χ3n) is 4.48. The number of hydrogen-bond donors (Lipinski definition) is 0. The van der Waals surface area contributed by atoms with E-state index in [1.165, 1.54) is 5.56 Å². The van der Waals surface area contributed by atoms with Gasteiger partial charge in [-0.05, 0) is 78.1 Å². The second-order valence-electron chi connectivity index (χ2n) is 7.00. The minimum absolute atomic E-state index is 0.339. The molecule has 28 heavy (non-hydrogen) atoms. The number of halogens is 1. The Balaban J connectivity index is 1.60. The molecule has 4 heteroatoms. The van der Waals surface area contributed by atoms with Crippen LogP contribution in [0.3, 0.4) is 0 Å². The highest BCUT2D eigenvalue weighted by Gasteiger charge is 2.11. The van der Waals surface area contributed by atoms with Gasteiger partial charge in [0.25, 0.3) is 0 Å². The summed E-state index contributed by atoms with van der Waals surface area (Å²) in [5, 5.41) is 0.737. The summed E-state index contributed by atoms with van der Waals surface area (Å²) >= 11 is 7.64. The van der Waals surface area contributed by atoms with Gasteiger partial charge in [0.15, 0.2) is 0 Å². The van der Waals surface area contributed by atoms with E-state index in [0.717, 1.165) is 26.8 Å². The van der Waals surface area contributed by atoms with E-state index in [2.05, 4.69) is 13.8 Å². The molecule has 0 atom stereocenters. The molecule has 0 fully saturated rings. The highest BCUT2D eigenvalue weighted by atomic mass is 35.5. The fraction of sp³-hybridized carbons (Fsp3) is 0.208. The van der Waals surface area contributed by atoms with Gasteiger partial charge in [-0.15, -0.1) is 11.8 Å². The van der Waals surface area contributed by atoms with E-state index in [-0.39, 0.29) is 5.97 Å². The third kappa shape index (κ3) is 5.40. The first-order valence-electron chi connectivity index (χ1n) is 9.22. The van der Waals surface area contributed by atoms with Crippen LogP contribution in [0.1, 0.15) is 46.8 Å². The number of ether oxygens (including phenoxy) is 1. The Bertz CT molecular complexity index is 947. The van der Waals surface area contributed by atoms with Crippen LogP contribution in [0.25, 0.3) is 0 Å². The molecule has 144 valence electrons. The summed E-state index contributed by atoms with van der Waals surface area (Å²) in [6.45, 7) is 6.35. The number of aryl methyl sites for hydroxylation is 1. The molecule has 0 aliphatic heterocycles. The molecule has 0 unspecified atom stereocenters. The summed E-state index contributed by atoms with van der Waals surface area (Å²) in [4.78, 5) is 13.6. The molecular formula is C24H23ClO2S. The number of thioether (sulfide) groups is 1. The first-order valence-corrected chi connectivity index (χ1v) is 10.6. The minimum Gasteiger partial charge on any atom is -0.423 e. The molecule has 0 heterocycles. The summed E-state index contributed by atoms with van der Waals surface area (Å²) in [6.07, 6.45) is 0. The lowest BCUT2D eigenvalue weighted by atomic mass is 9.98. The fourth-order valence-corrected chi connectivity index (χ4v) is 3.94. The van der Waals surface area contributed by atoms with Crippen LogP contribution in [-0.2, 0) is 5.75 Å². The minimum atomic E-state index is -0.339. The molecule has 0 amide bonds. The quantitative estimate of drug-likeness (QED) is 0.242. The largest absolute Gasteiger partial charge is 0.423 e. The molecule has 0 radical (unpaired) electrons. The van der Waals surface area contributed by atoms with Crippen molar-refractivity contribution in [3.63, 3.8) is 0 Å². The fourth-order valence-electron chi connectivity index (χ4n) is 2.96. The second-order valence-corrected chi connectivity index (χ2v) is 8.49. The number of benzene rings is 3. The van der Waals surface area contributed by atoms with Crippen LogP contribution in [0, 0.1) is 6.92 Å². The highest BCUT2D eigenvalue weighted by Crippen LogP contribution is 2.26. The number of esters is 1. The van der Waals surface area contributed by atoms with Crippen molar-refractivity contribution in [3.8, 4) is 5.75 Å². The molecule has 0 N–H and O–H groups in total. The third-order valence-corrected chi connectivity index (χ3v) is 5.82. The summed E-state index contributed by atoms with van der Waals surface area (Å²) < 4.78 is 5.54. The maximum Gasteiger partial charge on any atom is 0.343 e. The predicted molar refractivity (Wildman–Crippen MR) is 118 cm³/mol. The topological polar surface area (TPSA) is 26.3 Å². The van der Waals surface area contributed by atoms with Crippen molar-refractivity contribution in [2.45, 2.75) is 37.3 Å². The van der Waals surface area contributed by atoms with Crippen LogP contribution in [0.15, 0.2) is 71.6 Å². The number of hydrogen-bond acceptors (Lipinski definition) is 3. The highest BCUT2D eigenvalue weighted by molar-refractivity contribution is 7.98. The Morgan fingerprint density at radius 1 is 1.00 bits per heavy atom. The zero-order valence-electron chi connectivity index (χ0n) is 16.2. The number of carbonyl (C=O) groups is 1. The maximum atomic E-state index is 12.4. The van der Waals surface area contributed by atoms with E-state index in [1.54, 1.807) is 11.8 Å². The van der Waals surface area contributed by atoms with E-state index in [1.807, 2.05) is 73.7 Å². The molecule has 0 aliphatic rings. The van der Waals surface area contributed by atoms with Crippen molar-refractivity contribution in [1.29, 1.82) is 0 Å². The Kier molecular flexibility index (Phi) is 6.82. The second kappa shape index (κ2) is 9.31. The van der Waals surface area contributed by atoms with Crippen LogP contribution < -0.4 is 4.74 Å². The molecule has 3 aromatic carbocycles. The van der Waals surface area contributed by atoms with Crippen molar-refractivity contribution in [3.05, 3.63) is 94.0 Å². The molecule has 3 rings (SSSR count). The standard InChI is InChI=1S/C24H23ClO2S/c1-16(2)23-13-10-21(14-17(23)3)27-24(26)19-6-4-18(5-7-19)15-28-22-11-8-20(25)9-12-22/h4-14,16H,15H2,1-3H3. The van der Waals surface area contributed by atoms with Gasteiger partial charge in [-0.2, -0.15) is 0 Å². The average Bonchev–Trinajstić information content (AvgIpc) is 2.67. The van der Waals surface area contributed by atoms with Crippen molar-refractivity contribution in [2.24, 2.45) is 0 Å². The van der Waals surface area contributed by atoms with Gasteiger partial charge >= 0.3 is 5.97 Å². The molecule has 2 nitrogen and oxygen atoms in total. The molecule has 0 saturated heterocycles. The van der Waals surface area contributed by atoms with E-state index >= 15 is 0 Å². The smallest absolute Gasteiger partial charge is 0.343 e. The molecule has 0 saturated carbocycles. The van der Waals surface area contributed by atoms with Gasteiger partial charge in [-0.25, -0.2) is 4.79 Å². The summed E-state index contributed by atoms with van der Waals surface area (Å²) in [5.41, 5.74) is 4.09. The Labute approximate surface area is 175 Å². The Morgan fingerprint density at radius 2 is 1.68 bits per heavy atom. The van der Waals surface area contributed by atoms with Crippen LogP contribution in [0.5, 0.6) is 5.75 Å². The first kappa shape index (κ1) is 20.5. The lowest BCUT2D eigenvalue weighted by Crippen LogP contribution is -2.08. The van der Waals surface area contributed by atoms with Gasteiger partial charge in [0.1, 0.15) is 5.75 Å². The van der Waals surface area contributed by atoms with E-state index in [4.69, 9.17) is 16.3 Å². The SMILES string of the molecule is Cc1cc(OC(=O)c2ccc(CSc3ccc(Cl)cc3)cc2)ccc1C(C)C. The first-order chi connectivity index (χ1) is 13.4. The van der Waals surface area contributed by atoms with Crippen LogP contribution >= 0.6 is 23.4 Å².